The molecule has 3 aromatic rings. The van der Waals surface area contributed by atoms with Gasteiger partial charge in [-0.2, -0.15) is 0 Å². The van der Waals surface area contributed by atoms with Gasteiger partial charge in [-0.05, 0) is 49.7 Å². The lowest BCUT2D eigenvalue weighted by Gasteiger charge is -2.11. The molecule has 0 saturated heterocycles. The van der Waals surface area contributed by atoms with E-state index in [9.17, 15) is 8.42 Å². The van der Waals surface area contributed by atoms with E-state index in [1.807, 2.05) is 42.1 Å². The van der Waals surface area contributed by atoms with Crippen LogP contribution in [-0.4, -0.2) is 42.6 Å². The first-order chi connectivity index (χ1) is 14.5. The van der Waals surface area contributed by atoms with Gasteiger partial charge in [-0.1, -0.05) is 13.3 Å². The zero-order valence-electron chi connectivity index (χ0n) is 17.2. The third kappa shape index (κ3) is 6.04. The first-order valence-corrected chi connectivity index (χ1v) is 11.4. The van der Waals surface area contributed by atoms with Crippen molar-refractivity contribution >= 4 is 15.8 Å². The van der Waals surface area contributed by atoms with E-state index in [4.69, 9.17) is 4.74 Å². The third-order valence-electron chi connectivity index (χ3n) is 4.32. The van der Waals surface area contributed by atoms with E-state index in [-0.39, 0.29) is 11.4 Å². The normalized spacial score (nSPS) is 11.4. The molecular formula is C21H27N5O3S. The molecule has 1 aromatic carbocycles. The zero-order chi connectivity index (χ0) is 21.4. The summed E-state index contributed by atoms with van der Waals surface area (Å²) < 4.78 is 35.0. The van der Waals surface area contributed by atoms with E-state index < -0.39 is 10.0 Å². The molecule has 0 aliphatic heterocycles. The van der Waals surface area contributed by atoms with Crippen molar-refractivity contribution in [3.8, 4) is 11.6 Å². The predicted molar refractivity (Wildman–Crippen MR) is 117 cm³/mol. The molecule has 9 heteroatoms. The van der Waals surface area contributed by atoms with Gasteiger partial charge < -0.3 is 14.6 Å². The van der Waals surface area contributed by atoms with Crippen molar-refractivity contribution in [1.29, 1.82) is 0 Å². The van der Waals surface area contributed by atoms with Crippen molar-refractivity contribution in [2.24, 2.45) is 0 Å². The van der Waals surface area contributed by atoms with E-state index in [0.29, 0.717) is 30.5 Å². The maximum Gasteiger partial charge on any atom is 0.240 e. The monoisotopic (exact) mass is 429 g/mol. The number of unbranched alkanes of at least 4 members (excludes halogenated alkanes) is 1. The van der Waals surface area contributed by atoms with Crippen LogP contribution >= 0.6 is 0 Å². The maximum absolute atomic E-state index is 12.5. The lowest BCUT2D eigenvalue weighted by molar-refractivity contribution is 0.309. The van der Waals surface area contributed by atoms with Crippen molar-refractivity contribution in [3.63, 3.8) is 0 Å². The molecule has 0 atom stereocenters. The van der Waals surface area contributed by atoms with E-state index in [2.05, 4.69) is 26.9 Å². The molecule has 30 heavy (non-hydrogen) atoms. The number of hydrogen-bond acceptors (Lipinski definition) is 6. The van der Waals surface area contributed by atoms with Gasteiger partial charge in [0, 0.05) is 31.5 Å². The fourth-order valence-electron chi connectivity index (χ4n) is 2.77. The number of rotatable bonds is 11. The first kappa shape index (κ1) is 21.8. The number of nitrogens with zero attached hydrogens (tertiary/aromatic N) is 3. The molecule has 2 aromatic heterocycles. The lowest BCUT2D eigenvalue weighted by atomic mass is 10.3. The smallest absolute Gasteiger partial charge is 0.240 e. The number of ether oxygens (including phenoxy) is 1. The summed E-state index contributed by atoms with van der Waals surface area (Å²) >= 11 is 0. The van der Waals surface area contributed by atoms with Gasteiger partial charge in [0.2, 0.25) is 10.0 Å². The summed E-state index contributed by atoms with van der Waals surface area (Å²) in [4.78, 5) is 8.96. The van der Waals surface area contributed by atoms with Crippen LogP contribution in [0, 0.1) is 6.92 Å². The van der Waals surface area contributed by atoms with Gasteiger partial charge in [-0.25, -0.2) is 23.1 Å². The van der Waals surface area contributed by atoms with Crippen LogP contribution in [0.25, 0.3) is 5.82 Å². The van der Waals surface area contributed by atoms with Crippen LogP contribution in [0.4, 0.5) is 5.82 Å². The summed E-state index contributed by atoms with van der Waals surface area (Å²) in [5.41, 5.74) is 0. The number of benzene rings is 1. The third-order valence-corrected chi connectivity index (χ3v) is 5.79. The number of aromatic nitrogens is 3. The average Bonchev–Trinajstić information content (AvgIpc) is 3.27. The lowest BCUT2D eigenvalue weighted by Crippen LogP contribution is -2.29. The Morgan fingerprint density at radius 3 is 2.50 bits per heavy atom. The number of hydrogen-bond donors (Lipinski definition) is 2. The second-order valence-corrected chi connectivity index (χ2v) is 8.51. The standard InChI is InChI=1S/C21H27N5O3S/c1-3-4-15-29-18-7-9-19(10-8-18)30(27,28)23-12-11-22-20-16-21(25-17(2)24-20)26-13-5-6-14-26/h5-10,13-14,16,23H,3-4,11-12,15H2,1-2H3,(H,22,24,25). The second kappa shape index (κ2) is 10.2. The van der Waals surface area contributed by atoms with Crippen LogP contribution in [0.3, 0.4) is 0 Å². The van der Waals surface area contributed by atoms with Gasteiger partial charge in [-0.3, -0.25) is 0 Å². The van der Waals surface area contributed by atoms with E-state index in [1.54, 1.807) is 24.3 Å². The number of nitrogens with one attached hydrogen (secondary N) is 2. The molecule has 0 spiro atoms. The molecular weight excluding hydrogens is 402 g/mol. The minimum Gasteiger partial charge on any atom is -0.494 e. The molecule has 2 heterocycles. The Morgan fingerprint density at radius 2 is 1.80 bits per heavy atom. The van der Waals surface area contributed by atoms with Crippen LogP contribution in [-0.2, 0) is 10.0 Å². The van der Waals surface area contributed by atoms with Crippen molar-refractivity contribution in [1.82, 2.24) is 19.3 Å². The van der Waals surface area contributed by atoms with Crippen LogP contribution in [0.5, 0.6) is 5.75 Å². The largest absolute Gasteiger partial charge is 0.494 e. The van der Waals surface area contributed by atoms with Crippen LogP contribution in [0.1, 0.15) is 25.6 Å². The van der Waals surface area contributed by atoms with Gasteiger partial charge in [0.05, 0.1) is 11.5 Å². The molecule has 0 radical (unpaired) electrons. The predicted octanol–water partition coefficient (Wildman–Crippen LogP) is 3.15. The Bertz CT molecular complexity index is 1040. The highest BCUT2D eigenvalue weighted by Gasteiger charge is 2.13. The molecule has 0 aliphatic carbocycles. The van der Waals surface area contributed by atoms with E-state index >= 15 is 0 Å². The summed E-state index contributed by atoms with van der Waals surface area (Å²) in [6, 6.07) is 12.1. The minimum atomic E-state index is -3.59. The number of sulfonamides is 1. The number of aryl methyl sites for hydroxylation is 1. The highest BCUT2D eigenvalue weighted by atomic mass is 32.2. The Morgan fingerprint density at radius 1 is 1.07 bits per heavy atom. The summed E-state index contributed by atoms with van der Waals surface area (Å²) in [7, 11) is -3.59. The molecule has 2 N–H and O–H groups in total. The van der Waals surface area contributed by atoms with Crippen molar-refractivity contribution in [3.05, 3.63) is 60.7 Å². The average molecular weight is 430 g/mol. The number of anilines is 1. The SMILES string of the molecule is CCCCOc1ccc(S(=O)(=O)NCCNc2cc(-n3cccc3)nc(C)n2)cc1. The Labute approximate surface area is 177 Å². The van der Waals surface area contributed by atoms with Gasteiger partial charge in [0.25, 0.3) is 0 Å². The highest BCUT2D eigenvalue weighted by molar-refractivity contribution is 7.89. The Kier molecular flexibility index (Phi) is 7.42. The first-order valence-electron chi connectivity index (χ1n) is 9.93. The molecule has 0 fully saturated rings. The van der Waals surface area contributed by atoms with Crippen LogP contribution in [0.15, 0.2) is 59.8 Å². The molecule has 0 unspecified atom stereocenters. The molecule has 0 aliphatic rings. The molecule has 160 valence electrons. The molecule has 0 saturated carbocycles. The summed E-state index contributed by atoms with van der Waals surface area (Å²) in [5, 5.41) is 3.14. The van der Waals surface area contributed by atoms with Crippen molar-refractivity contribution in [2.75, 3.05) is 25.0 Å². The van der Waals surface area contributed by atoms with Gasteiger partial charge in [0.1, 0.15) is 23.2 Å². The van der Waals surface area contributed by atoms with E-state index in [0.717, 1.165) is 18.7 Å². The minimum absolute atomic E-state index is 0.207. The quantitative estimate of drug-likeness (QED) is 0.455. The molecule has 8 nitrogen and oxygen atoms in total. The van der Waals surface area contributed by atoms with E-state index in [1.165, 1.54) is 0 Å². The summed E-state index contributed by atoms with van der Waals surface area (Å²) in [5.74, 6) is 2.68. The fraction of sp³-hybridized carbons (Fsp3) is 0.333. The molecule has 0 bridgehead atoms. The fourth-order valence-corrected chi connectivity index (χ4v) is 3.80. The van der Waals surface area contributed by atoms with Crippen LogP contribution in [0.2, 0.25) is 0 Å². The summed E-state index contributed by atoms with van der Waals surface area (Å²) in [6.45, 7) is 5.14. The topological polar surface area (TPSA) is 98.1 Å². The van der Waals surface area contributed by atoms with Gasteiger partial charge in [-0.15, -0.1) is 0 Å². The van der Waals surface area contributed by atoms with Crippen molar-refractivity contribution < 1.29 is 13.2 Å². The zero-order valence-corrected chi connectivity index (χ0v) is 18.0. The maximum atomic E-state index is 12.5. The second-order valence-electron chi connectivity index (χ2n) is 6.75. The Hall–Kier alpha value is -2.91. The van der Waals surface area contributed by atoms with Gasteiger partial charge >= 0.3 is 0 Å². The summed E-state index contributed by atoms with van der Waals surface area (Å²) in [6.07, 6.45) is 5.82. The Balaban J connectivity index is 1.52. The molecule has 0 amide bonds. The van der Waals surface area contributed by atoms with Crippen molar-refractivity contribution in [2.45, 2.75) is 31.6 Å². The van der Waals surface area contributed by atoms with Gasteiger partial charge in [0.15, 0.2) is 0 Å². The highest BCUT2D eigenvalue weighted by Crippen LogP contribution is 2.16. The van der Waals surface area contributed by atoms with Crippen LogP contribution < -0.4 is 14.8 Å². The molecule has 3 rings (SSSR count).